The fourth-order valence-corrected chi connectivity index (χ4v) is 5.32. The fourth-order valence-electron chi connectivity index (χ4n) is 2.59. The summed E-state index contributed by atoms with van der Waals surface area (Å²) in [7, 11) is -3.75. The zero-order valence-corrected chi connectivity index (χ0v) is 16.2. The Hall–Kier alpha value is -2.79. The highest BCUT2D eigenvalue weighted by Gasteiger charge is 2.30. The maximum absolute atomic E-state index is 12.8. The number of rotatable bonds is 6. The molecule has 6 nitrogen and oxygen atoms in total. The molecule has 3 aromatic rings. The molecule has 2 aromatic carbocycles. The van der Waals surface area contributed by atoms with E-state index in [0.717, 1.165) is 23.5 Å². The van der Waals surface area contributed by atoms with Gasteiger partial charge in [0.15, 0.2) is 9.84 Å². The summed E-state index contributed by atoms with van der Waals surface area (Å²) in [5, 5.41) is 11.0. The molecule has 0 aliphatic heterocycles. The van der Waals surface area contributed by atoms with E-state index in [4.69, 9.17) is 0 Å². The van der Waals surface area contributed by atoms with Gasteiger partial charge in [0.25, 0.3) is 5.69 Å². The van der Waals surface area contributed by atoms with Crippen LogP contribution >= 0.6 is 11.3 Å². The molecule has 11 heteroatoms. The molecule has 0 N–H and O–H groups in total. The van der Waals surface area contributed by atoms with Crippen molar-refractivity contribution in [1.82, 2.24) is 4.98 Å². The lowest BCUT2D eigenvalue weighted by Gasteiger charge is -2.08. The molecule has 0 bridgehead atoms. The first-order valence-corrected chi connectivity index (χ1v) is 10.7. The van der Waals surface area contributed by atoms with Crippen LogP contribution in [0.25, 0.3) is 10.4 Å². The van der Waals surface area contributed by atoms with Crippen molar-refractivity contribution in [1.29, 1.82) is 0 Å². The summed E-state index contributed by atoms with van der Waals surface area (Å²) in [6.45, 7) is 0. The molecular weight excluding hydrogens is 429 g/mol. The average molecular weight is 442 g/mol. The molecule has 0 amide bonds. The molecule has 29 heavy (non-hydrogen) atoms. The van der Waals surface area contributed by atoms with Gasteiger partial charge in [0.2, 0.25) is 0 Å². The number of nitrogens with zero attached hydrogens (tertiary/aromatic N) is 2. The van der Waals surface area contributed by atoms with Crippen LogP contribution in [0.5, 0.6) is 0 Å². The Morgan fingerprint density at radius 2 is 1.76 bits per heavy atom. The molecular formula is C18H13F3N2O4S2. The number of aromatic nitrogens is 1. The van der Waals surface area contributed by atoms with Gasteiger partial charge in [0.05, 0.1) is 21.1 Å². The Kier molecular flexibility index (Phi) is 5.71. The number of nitro groups is 1. The second-order valence-corrected chi connectivity index (χ2v) is 9.33. The van der Waals surface area contributed by atoms with Crippen LogP contribution in [-0.4, -0.2) is 18.3 Å². The van der Waals surface area contributed by atoms with E-state index in [-0.39, 0.29) is 16.3 Å². The summed E-state index contributed by atoms with van der Waals surface area (Å²) in [6, 6.07) is 9.94. The van der Waals surface area contributed by atoms with Crippen LogP contribution < -0.4 is 0 Å². The number of halogens is 3. The third kappa shape index (κ3) is 5.39. The molecule has 0 spiro atoms. The molecule has 1 heterocycles. The topological polar surface area (TPSA) is 90.2 Å². The molecule has 3 rings (SSSR count). The number of alkyl halides is 3. The van der Waals surface area contributed by atoms with Crippen LogP contribution in [0.3, 0.4) is 0 Å². The van der Waals surface area contributed by atoms with Crippen molar-refractivity contribution in [2.24, 2.45) is 0 Å². The molecule has 0 unspecified atom stereocenters. The summed E-state index contributed by atoms with van der Waals surface area (Å²) in [4.78, 5) is 14.9. The fraction of sp³-hybridized carbons (Fsp3) is 0.167. The Morgan fingerprint density at radius 3 is 2.38 bits per heavy atom. The van der Waals surface area contributed by atoms with Crippen LogP contribution in [0.2, 0.25) is 0 Å². The summed E-state index contributed by atoms with van der Waals surface area (Å²) in [5.74, 6) is -0.954. The van der Waals surface area contributed by atoms with E-state index >= 15 is 0 Å². The summed E-state index contributed by atoms with van der Waals surface area (Å²) in [5.41, 5.74) is -0.274. The maximum Gasteiger partial charge on any atom is 0.416 e. The quantitative estimate of drug-likeness (QED) is 0.402. The van der Waals surface area contributed by atoms with Gasteiger partial charge in [0, 0.05) is 18.3 Å². The summed E-state index contributed by atoms with van der Waals surface area (Å²) in [6.07, 6.45) is -3.09. The number of hydrogen-bond donors (Lipinski definition) is 0. The van der Waals surface area contributed by atoms with Gasteiger partial charge in [-0.15, -0.1) is 11.3 Å². The molecule has 152 valence electrons. The van der Waals surface area contributed by atoms with Crippen LogP contribution in [0.1, 0.15) is 16.1 Å². The van der Waals surface area contributed by atoms with E-state index in [9.17, 15) is 31.7 Å². The van der Waals surface area contributed by atoms with Crippen LogP contribution in [0.4, 0.5) is 18.9 Å². The van der Waals surface area contributed by atoms with Crippen LogP contribution in [0.15, 0.2) is 54.7 Å². The monoisotopic (exact) mass is 442 g/mol. The molecule has 0 saturated carbocycles. The van der Waals surface area contributed by atoms with Gasteiger partial charge in [0.1, 0.15) is 10.8 Å². The van der Waals surface area contributed by atoms with Crippen molar-refractivity contribution >= 4 is 26.9 Å². The SMILES string of the molecule is O=[N+]([O-])c1ccc(-c2cnc(CS(=O)(=O)Cc3cccc(C(F)(F)F)c3)s2)cc1. The normalized spacial score (nSPS) is 12.1. The van der Waals surface area contributed by atoms with Crippen molar-refractivity contribution in [3.8, 4) is 10.4 Å². The minimum Gasteiger partial charge on any atom is -0.258 e. The van der Waals surface area contributed by atoms with Gasteiger partial charge >= 0.3 is 6.18 Å². The highest BCUT2D eigenvalue weighted by molar-refractivity contribution is 7.90. The minimum atomic E-state index is -4.55. The van der Waals surface area contributed by atoms with Gasteiger partial charge < -0.3 is 0 Å². The first-order valence-electron chi connectivity index (χ1n) is 8.09. The molecule has 0 saturated heterocycles. The highest BCUT2D eigenvalue weighted by Crippen LogP contribution is 2.31. The Balaban J connectivity index is 1.74. The largest absolute Gasteiger partial charge is 0.416 e. The van der Waals surface area contributed by atoms with E-state index in [1.54, 1.807) is 0 Å². The van der Waals surface area contributed by atoms with E-state index < -0.39 is 38.0 Å². The van der Waals surface area contributed by atoms with Crippen molar-refractivity contribution in [3.05, 3.63) is 81.0 Å². The summed E-state index contributed by atoms with van der Waals surface area (Å²) < 4.78 is 63.2. The number of nitro benzene ring substituents is 1. The molecule has 0 aliphatic carbocycles. The van der Waals surface area contributed by atoms with Crippen molar-refractivity contribution < 1.29 is 26.5 Å². The van der Waals surface area contributed by atoms with Gasteiger partial charge in [-0.05, 0) is 29.3 Å². The van der Waals surface area contributed by atoms with Gasteiger partial charge in [-0.3, -0.25) is 10.1 Å². The molecule has 0 atom stereocenters. The van der Waals surface area contributed by atoms with Crippen molar-refractivity contribution in [2.45, 2.75) is 17.7 Å². The second kappa shape index (κ2) is 7.91. The summed E-state index contributed by atoms with van der Waals surface area (Å²) >= 11 is 1.10. The molecule has 0 fully saturated rings. The van der Waals surface area contributed by atoms with E-state index in [0.29, 0.717) is 10.4 Å². The standard InChI is InChI=1S/C18H13F3N2O4S2/c19-18(20,21)14-3-1-2-12(8-14)10-29(26,27)11-17-22-9-16(28-17)13-4-6-15(7-5-13)23(24)25/h1-9H,10-11H2. The lowest BCUT2D eigenvalue weighted by atomic mass is 10.1. The number of hydrogen-bond acceptors (Lipinski definition) is 6. The predicted molar refractivity (Wildman–Crippen MR) is 102 cm³/mol. The van der Waals surface area contributed by atoms with Crippen LogP contribution in [-0.2, 0) is 27.5 Å². The van der Waals surface area contributed by atoms with Crippen molar-refractivity contribution in [2.75, 3.05) is 0 Å². The average Bonchev–Trinajstić information content (AvgIpc) is 3.08. The predicted octanol–water partition coefficient (Wildman–Crippen LogP) is 4.85. The number of benzene rings is 2. The van der Waals surface area contributed by atoms with Gasteiger partial charge in [-0.2, -0.15) is 13.2 Å². The highest BCUT2D eigenvalue weighted by atomic mass is 32.2. The third-order valence-electron chi connectivity index (χ3n) is 3.90. The second-order valence-electron chi connectivity index (χ2n) is 6.15. The first-order chi connectivity index (χ1) is 13.5. The lowest BCUT2D eigenvalue weighted by Crippen LogP contribution is -2.09. The number of thiazole rings is 1. The first kappa shape index (κ1) is 20.9. The number of sulfone groups is 1. The smallest absolute Gasteiger partial charge is 0.258 e. The Bertz CT molecular complexity index is 1140. The molecule has 0 aliphatic rings. The maximum atomic E-state index is 12.8. The minimum absolute atomic E-state index is 0.0481. The third-order valence-corrected chi connectivity index (χ3v) is 6.62. The van der Waals surface area contributed by atoms with Crippen molar-refractivity contribution in [3.63, 3.8) is 0 Å². The number of non-ortho nitro benzene ring substituents is 1. The van der Waals surface area contributed by atoms with Gasteiger partial charge in [-0.25, -0.2) is 13.4 Å². The zero-order chi connectivity index (χ0) is 21.2. The van der Waals surface area contributed by atoms with Gasteiger partial charge in [-0.1, -0.05) is 18.2 Å². The lowest BCUT2D eigenvalue weighted by molar-refractivity contribution is -0.384. The Labute approximate surface area is 167 Å². The van der Waals surface area contributed by atoms with Crippen LogP contribution in [0, 0.1) is 10.1 Å². The molecule has 0 radical (unpaired) electrons. The van der Waals surface area contributed by atoms with E-state index in [2.05, 4.69) is 4.98 Å². The zero-order valence-electron chi connectivity index (χ0n) is 14.6. The Morgan fingerprint density at radius 1 is 1.07 bits per heavy atom. The van der Waals surface area contributed by atoms with E-state index in [1.165, 1.54) is 42.6 Å². The van der Waals surface area contributed by atoms with E-state index in [1.807, 2.05) is 0 Å². The molecule has 1 aromatic heterocycles.